The van der Waals surface area contributed by atoms with E-state index in [1.807, 2.05) is 25.1 Å². The zero-order chi connectivity index (χ0) is 15.4. The van der Waals surface area contributed by atoms with Crippen molar-refractivity contribution in [3.63, 3.8) is 0 Å². The van der Waals surface area contributed by atoms with Gasteiger partial charge >= 0.3 is 5.97 Å². The van der Waals surface area contributed by atoms with Gasteiger partial charge in [-0.3, -0.25) is 0 Å². The number of ether oxygens (including phenoxy) is 1. The van der Waals surface area contributed by atoms with Gasteiger partial charge in [0.15, 0.2) is 5.69 Å². The van der Waals surface area contributed by atoms with Crippen LogP contribution >= 0.6 is 15.9 Å². The van der Waals surface area contributed by atoms with Gasteiger partial charge in [0.05, 0.1) is 23.8 Å². The Morgan fingerprint density at radius 2 is 2.24 bits per heavy atom. The van der Waals surface area contributed by atoms with Gasteiger partial charge in [-0.2, -0.15) is 0 Å². The summed E-state index contributed by atoms with van der Waals surface area (Å²) in [5.41, 5.74) is 1.67. The number of halogens is 1. The van der Waals surface area contributed by atoms with Gasteiger partial charge in [-0.1, -0.05) is 24.6 Å². The standard InChI is InChI=1S/C14H16BrN3O3/c1-3-4-11-13(14(19)20)16-17-18(11)8-9-5-6-12(21-2)10(15)7-9/h5-7H,3-4,8H2,1-2H3,(H,19,20). The summed E-state index contributed by atoms with van der Waals surface area (Å²) in [6.45, 7) is 2.46. The van der Waals surface area contributed by atoms with E-state index in [4.69, 9.17) is 9.84 Å². The first-order valence-electron chi connectivity index (χ1n) is 6.54. The van der Waals surface area contributed by atoms with E-state index in [-0.39, 0.29) is 5.69 Å². The van der Waals surface area contributed by atoms with Crippen LogP contribution in [0.25, 0.3) is 0 Å². The first kappa shape index (κ1) is 15.5. The minimum Gasteiger partial charge on any atom is -0.496 e. The molecule has 0 saturated carbocycles. The van der Waals surface area contributed by atoms with Crippen LogP contribution in [0.1, 0.15) is 35.1 Å². The van der Waals surface area contributed by atoms with E-state index >= 15 is 0 Å². The summed E-state index contributed by atoms with van der Waals surface area (Å²) in [5, 5.41) is 16.9. The topological polar surface area (TPSA) is 77.2 Å². The number of benzene rings is 1. The predicted octanol–water partition coefficient (Wildman–Crippen LogP) is 2.75. The molecule has 0 aliphatic heterocycles. The molecule has 7 heteroatoms. The van der Waals surface area contributed by atoms with Gasteiger partial charge in [-0.05, 0) is 40.0 Å². The fourth-order valence-electron chi connectivity index (χ4n) is 2.09. The molecule has 0 atom stereocenters. The Labute approximate surface area is 130 Å². The summed E-state index contributed by atoms with van der Waals surface area (Å²) < 4.78 is 7.67. The second kappa shape index (κ2) is 6.71. The van der Waals surface area contributed by atoms with E-state index in [0.29, 0.717) is 18.7 Å². The lowest BCUT2D eigenvalue weighted by atomic mass is 10.2. The number of carbonyl (C=O) groups is 1. The van der Waals surface area contributed by atoms with Crippen LogP contribution in [0.15, 0.2) is 22.7 Å². The molecule has 0 aliphatic rings. The van der Waals surface area contributed by atoms with Crippen molar-refractivity contribution in [2.24, 2.45) is 0 Å². The second-order valence-electron chi connectivity index (χ2n) is 4.57. The number of rotatable bonds is 6. The first-order chi connectivity index (χ1) is 10.1. The number of hydrogen-bond donors (Lipinski definition) is 1. The Morgan fingerprint density at radius 1 is 1.48 bits per heavy atom. The molecule has 2 aromatic rings. The largest absolute Gasteiger partial charge is 0.496 e. The minimum atomic E-state index is -1.04. The first-order valence-corrected chi connectivity index (χ1v) is 7.34. The molecule has 0 spiro atoms. The van der Waals surface area contributed by atoms with E-state index < -0.39 is 5.97 Å². The van der Waals surface area contributed by atoms with E-state index in [1.165, 1.54) is 0 Å². The number of nitrogens with zero attached hydrogens (tertiary/aromatic N) is 3. The highest BCUT2D eigenvalue weighted by atomic mass is 79.9. The fourth-order valence-corrected chi connectivity index (χ4v) is 2.68. The van der Waals surface area contributed by atoms with Gasteiger partial charge in [0.2, 0.25) is 0 Å². The number of carboxylic acids is 1. The molecule has 1 N–H and O–H groups in total. The summed E-state index contributed by atoms with van der Waals surface area (Å²) in [6.07, 6.45) is 1.46. The monoisotopic (exact) mass is 353 g/mol. The highest BCUT2D eigenvalue weighted by molar-refractivity contribution is 9.10. The summed E-state index contributed by atoms with van der Waals surface area (Å²) in [5.74, 6) is -0.294. The van der Waals surface area contributed by atoms with E-state index in [9.17, 15) is 4.79 Å². The Morgan fingerprint density at radius 3 is 2.81 bits per heavy atom. The molecule has 6 nitrogen and oxygen atoms in total. The summed E-state index contributed by atoms with van der Waals surface area (Å²) in [4.78, 5) is 11.2. The van der Waals surface area contributed by atoms with E-state index in [1.54, 1.807) is 11.8 Å². The van der Waals surface area contributed by atoms with Gasteiger partial charge in [0, 0.05) is 0 Å². The Hall–Kier alpha value is -1.89. The average Bonchev–Trinajstić information content (AvgIpc) is 2.83. The van der Waals surface area contributed by atoms with E-state index in [2.05, 4.69) is 26.2 Å². The van der Waals surface area contributed by atoms with Gasteiger partial charge < -0.3 is 9.84 Å². The highest BCUT2D eigenvalue weighted by Crippen LogP contribution is 2.26. The molecule has 21 heavy (non-hydrogen) atoms. The molecule has 0 saturated heterocycles. The Bertz CT molecular complexity index is 655. The number of carboxylic acid groups (broad SMARTS) is 1. The maximum atomic E-state index is 11.2. The van der Waals surface area contributed by atoms with Gasteiger partial charge in [0.25, 0.3) is 0 Å². The fraction of sp³-hybridized carbons (Fsp3) is 0.357. The maximum absolute atomic E-state index is 11.2. The molecule has 2 rings (SSSR count). The molecule has 1 aromatic carbocycles. The molecule has 0 fully saturated rings. The number of methoxy groups -OCH3 is 1. The molecule has 1 aromatic heterocycles. The zero-order valence-corrected chi connectivity index (χ0v) is 13.4. The molecule has 0 unspecified atom stereocenters. The molecule has 112 valence electrons. The smallest absolute Gasteiger partial charge is 0.358 e. The van der Waals surface area contributed by atoms with Gasteiger partial charge in [-0.15, -0.1) is 5.10 Å². The molecule has 0 aliphatic carbocycles. The van der Waals surface area contributed by atoms with Crippen molar-refractivity contribution < 1.29 is 14.6 Å². The van der Waals surface area contributed by atoms with Crippen molar-refractivity contribution in [1.29, 1.82) is 0 Å². The normalized spacial score (nSPS) is 10.6. The lowest BCUT2D eigenvalue weighted by molar-refractivity contribution is 0.0689. The predicted molar refractivity (Wildman–Crippen MR) is 80.8 cm³/mol. The quantitative estimate of drug-likeness (QED) is 0.863. The van der Waals surface area contributed by atoms with Crippen LogP contribution < -0.4 is 4.74 Å². The van der Waals surface area contributed by atoms with Crippen molar-refractivity contribution in [3.05, 3.63) is 39.6 Å². The van der Waals surface area contributed by atoms with Crippen molar-refractivity contribution in [1.82, 2.24) is 15.0 Å². The zero-order valence-electron chi connectivity index (χ0n) is 11.8. The third-order valence-electron chi connectivity index (χ3n) is 3.08. The van der Waals surface area contributed by atoms with Crippen LogP contribution in [0.2, 0.25) is 0 Å². The van der Waals surface area contributed by atoms with Crippen molar-refractivity contribution >= 4 is 21.9 Å². The van der Waals surface area contributed by atoms with Crippen LogP contribution in [-0.4, -0.2) is 33.2 Å². The highest BCUT2D eigenvalue weighted by Gasteiger charge is 2.18. The van der Waals surface area contributed by atoms with Crippen LogP contribution in [0.4, 0.5) is 0 Å². The number of aromatic carboxylic acids is 1. The molecular formula is C14H16BrN3O3. The molecule has 0 bridgehead atoms. The third-order valence-corrected chi connectivity index (χ3v) is 3.70. The van der Waals surface area contributed by atoms with Crippen LogP contribution in [0.3, 0.4) is 0 Å². The molecule has 0 amide bonds. The van der Waals surface area contributed by atoms with Gasteiger partial charge in [-0.25, -0.2) is 9.48 Å². The number of hydrogen-bond acceptors (Lipinski definition) is 4. The lowest BCUT2D eigenvalue weighted by Gasteiger charge is -2.08. The second-order valence-corrected chi connectivity index (χ2v) is 5.42. The third kappa shape index (κ3) is 3.41. The van der Waals surface area contributed by atoms with Crippen LogP contribution in [-0.2, 0) is 13.0 Å². The van der Waals surface area contributed by atoms with Crippen LogP contribution in [0.5, 0.6) is 5.75 Å². The Balaban J connectivity index is 2.31. The van der Waals surface area contributed by atoms with Gasteiger partial charge in [0.1, 0.15) is 5.75 Å². The summed E-state index contributed by atoms with van der Waals surface area (Å²) in [6, 6.07) is 5.70. The SMILES string of the molecule is CCCc1c(C(=O)O)nnn1Cc1ccc(OC)c(Br)c1. The minimum absolute atomic E-state index is 0.0319. The van der Waals surface area contributed by atoms with Crippen molar-refractivity contribution in [2.45, 2.75) is 26.3 Å². The Kier molecular flexibility index (Phi) is 4.95. The maximum Gasteiger partial charge on any atom is 0.358 e. The average molecular weight is 354 g/mol. The molecular weight excluding hydrogens is 338 g/mol. The summed E-state index contributed by atoms with van der Waals surface area (Å²) >= 11 is 3.43. The molecule has 1 heterocycles. The van der Waals surface area contributed by atoms with Crippen LogP contribution in [0, 0.1) is 0 Å². The van der Waals surface area contributed by atoms with E-state index in [0.717, 1.165) is 22.2 Å². The van der Waals surface area contributed by atoms with Crippen molar-refractivity contribution in [3.8, 4) is 5.75 Å². The lowest BCUT2D eigenvalue weighted by Crippen LogP contribution is -2.09. The number of aromatic nitrogens is 3. The summed E-state index contributed by atoms with van der Waals surface area (Å²) in [7, 11) is 1.61. The molecule has 0 radical (unpaired) electrons. The van der Waals surface area contributed by atoms with Crippen molar-refractivity contribution in [2.75, 3.05) is 7.11 Å².